The summed E-state index contributed by atoms with van der Waals surface area (Å²) in [5, 5.41) is 16.0. The minimum Gasteiger partial charge on any atom is -0.481 e. The Balaban J connectivity index is 4.25. The largest absolute Gasteiger partial charge is 0.481 e. The summed E-state index contributed by atoms with van der Waals surface area (Å²) in [6.07, 6.45) is 0.345. The normalized spacial score (nSPS) is 17.0. The molecule has 0 bridgehead atoms. The molecule has 0 heterocycles. The highest BCUT2D eigenvalue weighted by Gasteiger charge is 2.22. The van der Waals surface area contributed by atoms with Crippen LogP contribution in [0.25, 0.3) is 0 Å². The second-order valence-electron chi connectivity index (χ2n) is 2.76. The zero-order valence-corrected chi connectivity index (χ0v) is 8.50. The summed E-state index contributed by atoms with van der Waals surface area (Å²) in [5.41, 5.74) is 0. The van der Waals surface area contributed by atoms with Crippen molar-refractivity contribution in [1.29, 1.82) is 5.26 Å². The average Bonchev–Trinajstić information content (AvgIpc) is 2.05. The summed E-state index contributed by atoms with van der Waals surface area (Å²) in [5.74, 6) is -0.978. The summed E-state index contributed by atoms with van der Waals surface area (Å²) < 4.78 is 11.5. The van der Waals surface area contributed by atoms with E-state index < -0.39 is 27.3 Å². The number of aliphatic carboxylic acids is 1. The van der Waals surface area contributed by atoms with Gasteiger partial charge in [-0.15, -0.1) is 0 Å². The van der Waals surface area contributed by atoms with Crippen LogP contribution in [0.4, 0.5) is 0 Å². The van der Waals surface area contributed by atoms with Crippen LogP contribution in [-0.2, 0) is 15.6 Å². The summed E-state index contributed by atoms with van der Waals surface area (Å²) in [6.45, 7) is 3.35. The lowest BCUT2D eigenvalue weighted by Crippen LogP contribution is -2.24. The fourth-order valence-corrected chi connectivity index (χ4v) is 2.22. The van der Waals surface area contributed by atoms with Gasteiger partial charge in [-0.25, -0.2) is 0 Å². The second-order valence-corrected chi connectivity index (χ2v) is 4.79. The third kappa shape index (κ3) is 4.04. The third-order valence-electron chi connectivity index (χ3n) is 1.65. The molecule has 0 spiro atoms. The molecule has 0 saturated heterocycles. The highest BCUT2D eigenvalue weighted by molar-refractivity contribution is 7.86. The molecular formula is C8H13NO3S. The van der Waals surface area contributed by atoms with Crippen LogP contribution in [-0.4, -0.2) is 25.8 Å². The van der Waals surface area contributed by atoms with Crippen LogP contribution >= 0.6 is 0 Å². The molecule has 0 radical (unpaired) electrons. The predicted molar refractivity (Wildman–Crippen MR) is 49.5 cm³/mol. The molecule has 0 amide bonds. The molecular weight excluding hydrogens is 190 g/mol. The number of carboxylic acids is 1. The van der Waals surface area contributed by atoms with Crippen LogP contribution in [0.1, 0.15) is 26.7 Å². The molecule has 3 atom stereocenters. The molecule has 74 valence electrons. The molecule has 13 heavy (non-hydrogen) atoms. The van der Waals surface area contributed by atoms with Gasteiger partial charge < -0.3 is 5.11 Å². The first-order chi connectivity index (χ1) is 6.02. The molecule has 5 heteroatoms. The van der Waals surface area contributed by atoms with Crippen LogP contribution in [0.15, 0.2) is 0 Å². The van der Waals surface area contributed by atoms with Crippen LogP contribution < -0.4 is 0 Å². The summed E-state index contributed by atoms with van der Waals surface area (Å²) in [6, 6.07) is 1.91. The molecule has 0 rings (SSSR count). The van der Waals surface area contributed by atoms with Gasteiger partial charge in [-0.2, -0.15) is 5.26 Å². The Morgan fingerprint density at radius 2 is 2.23 bits per heavy atom. The number of carbonyl (C=O) groups is 1. The maximum Gasteiger partial charge on any atom is 0.304 e. The number of carboxylic acid groups (broad SMARTS) is 1. The quantitative estimate of drug-likeness (QED) is 0.720. The molecule has 0 aromatic rings. The van der Waals surface area contributed by atoms with Crippen molar-refractivity contribution in [2.24, 2.45) is 0 Å². The molecule has 0 saturated carbocycles. The predicted octanol–water partition coefficient (Wildman–Crippen LogP) is 0.900. The zero-order chi connectivity index (χ0) is 10.4. The Morgan fingerprint density at radius 3 is 2.54 bits per heavy atom. The van der Waals surface area contributed by atoms with Gasteiger partial charge in [-0.3, -0.25) is 9.00 Å². The van der Waals surface area contributed by atoms with E-state index in [1.807, 2.05) is 6.07 Å². The number of nitriles is 1. The van der Waals surface area contributed by atoms with Crippen molar-refractivity contribution in [3.8, 4) is 6.07 Å². The number of hydrogen-bond donors (Lipinski definition) is 1. The summed E-state index contributed by atoms with van der Waals surface area (Å²) in [7, 11) is -1.37. The maximum absolute atomic E-state index is 11.5. The van der Waals surface area contributed by atoms with E-state index in [9.17, 15) is 9.00 Å². The monoisotopic (exact) mass is 203 g/mol. The Kier molecular flexibility index (Phi) is 5.31. The first-order valence-corrected chi connectivity index (χ1v) is 5.31. The minimum absolute atomic E-state index is 0.148. The zero-order valence-electron chi connectivity index (χ0n) is 7.69. The highest BCUT2D eigenvalue weighted by Crippen LogP contribution is 2.10. The molecule has 3 unspecified atom stereocenters. The summed E-state index contributed by atoms with van der Waals surface area (Å²) in [4.78, 5) is 10.3. The Morgan fingerprint density at radius 1 is 1.69 bits per heavy atom. The smallest absolute Gasteiger partial charge is 0.304 e. The van der Waals surface area contributed by atoms with Gasteiger partial charge in [0.2, 0.25) is 0 Å². The van der Waals surface area contributed by atoms with Crippen molar-refractivity contribution in [3.63, 3.8) is 0 Å². The highest BCUT2D eigenvalue weighted by atomic mass is 32.2. The van der Waals surface area contributed by atoms with Crippen molar-refractivity contribution in [1.82, 2.24) is 0 Å². The van der Waals surface area contributed by atoms with Crippen molar-refractivity contribution >= 4 is 16.8 Å². The molecule has 4 nitrogen and oxygen atoms in total. The SMILES string of the molecule is CCC(C#N)S(=O)C(C)CC(=O)O. The molecule has 0 aliphatic rings. The van der Waals surface area contributed by atoms with Gasteiger partial charge in [0, 0.05) is 16.0 Å². The Bertz CT molecular complexity index is 246. The lowest BCUT2D eigenvalue weighted by Gasteiger charge is -2.11. The Hall–Kier alpha value is -0.890. The van der Waals surface area contributed by atoms with Gasteiger partial charge in [0.05, 0.1) is 12.5 Å². The van der Waals surface area contributed by atoms with E-state index in [2.05, 4.69) is 0 Å². The van der Waals surface area contributed by atoms with Crippen molar-refractivity contribution in [2.75, 3.05) is 0 Å². The summed E-state index contributed by atoms with van der Waals surface area (Å²) >= 11 is 0. The first kappa shape index (κ1) is 12.1. The van der Waals surface area contributed by atoms with Gasteiger partial charge in [0.1, 0.15) is 5.25 Å². The molecule has 0 aromatic heterocycles. The van der Waals surface area contributed by atoms with E-state index in [-0.39, 0.29) is 6.42 Å². The Labute approximate surface area is 80.0 Å². The van der Waals surface area contributed by atoms with Crippen molar-refractivity contribution in [3.05, 3.63) is 0 Å². The van der Waals surface area contributed by atoms with Gasteiger partial charge in [0.25, 0.3) is 0 Å². The van der Waals surface area contributed by atoms with E-state index in [4.69, 9.17) is 10.4 Å². The first-order valence-electron chi connectivity index (χ1n) is 4.03. The molecule has 0 fully saturated rings. The lowest BCUT2D eigenvalue weighted by molar-refractivity contribution is -0.136. The van der Waals surface area contributed by atoms with Crippen LogP contribution in [0.5, 0.6) is 0 Å². The van der Waals surface area contributed by atoms with E-state index in [0.717, 1.165) is 0 Å². The van der Waals surface area contributed by atoms with E-state index in [1.165, 1.54) is 0 Å². The minimum atomic E-state index is -1.37. The molecule has 1 N–H and O–H groups in total. The van der Waals surface area contributed by atoms with Gasteiger partial charge in [0.15, 0.2) is 0 Å². The van der Waals surface area contributed by atoms with Gasteiger partial charge in [-0.1, -0.05) is 13.8 Å². The third-order valence-corrected chi connectivity index (χ3v) is 3.61. The second kappa shape index (κ2) is 5.70. The number of nitrogens with zero attached hydrogens (tertiary/aromatic N) is 1. The standard InChI is InChI=1S/C8H13NO3S/c1-3-7(5-9)13(12)6(2)4-8(10)11/h6-7H,3-4H2,1-2H3,(H,10,11). The number of rotatable bonds is 5. The fraction of sp³-hybridized carbons (Fsp3) is 0.750. The topological polar surface area (TPSA) is 78.2 Å². The molecule has 0 aliphatic heterocycles. The number of hydrogen-bond acceptors (Lipinski definition) is 3. The lowest BCUT2D eigenvalue weighted by atomic mass is 10.3. The van der Waals surface area contributed by atoms with E-state index >= 15 is 0 Å². The van der Waals surface area contributed by atoms with Gasteiger partial charge in [-0.05, 0) is 6.42 Å². The average molecular weight is 203 g/mol. The van der Waals surface area contributed by atoms with Crippen LogP contribution in [0, 0.1) is 11.3 Å². The van der Waals surface area contributed by atoms with E-state index in [1.54, 1.807) is 13.8 Å². The fourth-order valence-electron chi connectivity index (χ4n) is 0.916. The maximum atomic E-state index is 11.5. The van der Waals surface area contributed by atoms with E-state index in [0.29, 0.717) is 6.42 Å². The van der Waals surface area contributed by atoms with Crippen molar-refractivity contribution < 1.29 is 14.1 Å². The molecule has 0 aromatic carbocycles. The van der Waals surface area contributed by atoms with Gasteiger partial charge >= 0.3 is 5.97 Å². The van der Waals surface area contributed by atoms with Crippen LogP contribution in [0.3, 0.4) is 0 Å². The van der Waals surface area contributed by atoms with Crippen LogP contribution in [0.2, 0.25) is 0 Å². The molecule has 0 aliphatic carbocycles. The van der Waals surface area contributed by atoms with Crippen molar-refractivity contribution in [2.45, 2.75) is 37.2 Å².